The van der Waals surface area contributed by atoms with Crippen LogP contribution in [0.25, 0.3) is 11.2 Å². The third kappa shape index (κ3) is 4.00. The Hall–Kier alpha value is -2.51. The van der Waals surface area contributed by atoms with E-state index in [1.165, 1.54) is 25.5 Å². The monoisotopic (exact) mass is 362 g/mol. The number of hydrogen-bond donors (Lipinski definition) is 0. The van der Waals surface area contributed by atoms with Gasteiger partial charge in [0, 0.05) is 20.6 Å². The average Bonchev–Trinajstić information content (AvgIpc) is 3.00. The highest BCUT2D eigenvalue weighted by Crippen LogP contribution is 2.14. The van der Waals surface area contributed by atoms with Gasteiger partial charge in [-0.2, -0.15) is 0 Å². The van der Waals surface area contributed by atoms with Crippen LogP contribution in [0.5, 0.6) is 0 Å². The van der Waals surface area contributed by atoms with E-state index in [1.807, 2.05) is 0 Å². The summed E-state index contributed by atoms with van der Waals surface area (Å²) in [5, 5.41) is 0. The fraction of sp³-hybridized carbons (Fsp3) is 0.611. The van der Waals surface area contributed by atoms with Gasteiger partial charge < -0.3 is 4.57 Å². The number of nitrogens with zero attached hydrogens (tertiary/aromatic N) is 4. The molecule has 0 bridgehead atoms. The Balaban J connectivity index is 1.93. The van der Waals surface area contributed by atoms with Gasteiger partial charge in [0.15, 0.2) is 11.2 Å². The number of aromatic nitrogens is 4. The van der Waals surface area contributed by atoms with Crippen LogP contribution in [-0.2, 0) is 30.2 Å². The van der Waals surface area contributed by atoms with Gasteiger partial charge in [-0.15, -0.1) is 0 Å². The minimum absolute atomic E-state index is 0.0659. The lowest BCUT2D eigenvalue weighted by Gasteiger charge is -2.10. The second kappa shape index (κ2) is 8.25. The van der Waals surface area contributed by atoms with Crippen LogP contribution in [0.1, 0.15) is 46.0 Å². The molecule has 142 valence electrons. The Kier molecular flexibility index (Phi) is 6.28. The quantitative estimate of drug-likeness (QED) is 0.493. The van der Waals surface area contributed by atoms with E-state index >= 15 is 0 Å². The molecule has 0 N–H and O–H groups in total. The number of imidazole rings is 1. The van der Waals surface area contributed by atoms with E-state index in [-0.39, 0.29) is 17.1 Å². The van der Waals surface area contributed by atoms with Crippen LogP contribution in [0.3, 0.4) is 0 Å². The van der Waals surface area contributed by atoms with E-state index in [2.05, 4.69) is 4.98 Å². The lowest BCUT2D eigenvalue weighted by Crippen LogP contribution is -2.37. The molecule has 0 saturated carbocycles. The van der Waals surface area contributed by atoms with E-state index in [4.69, 9.17) is 0 Å². The summed E-state index contributed by atoms with van der Waals surface area (Å²) in [6.07, 6.45) is 5.70. The van der Waals surface area contributed by atoms with Gasteiger partial charge in [-0.1, -0.05) is 19.3 Å². The van der Waals surface area contributed by atoms with Gasteiger partial charge in [0.25, 0.3) is 5.56 Å². The van der Waals surface area contributed by atoms with Crippen molar-refractivity contribution >= 4 is 22.7 Å². The first kappa shape index (κ1) is 19.8. The Morgan fingerprint density at radius 2 is 1.62 bits per heavy atom. The molecule has 2 rings (SSSR count). The molecule has 0 aliphatic rings. The zero-order valence-corrected chi connectivity index (χ0v) is 15.8. The number of rotatable bonds is 9. The van der Waals surface area contributed by atoms with Crippen LogP contribution in [0, 0.1) is 5.92 Å². The van der Waals surface area contributed by atoms with Crippen molar-refractivity contribution in [3.8, 4) is 0 Å². The van der Waals surface area contributed by atoms with Crippen LogP contribution in [0.15, 0.2) is 15.9 Å². The summed E-state index contributed by atoms with van der Waals surface area (Å²) in [4.78, 5) is 51.3. The molecule has 0 unspecified atom stereocenters. The van der Waals surface area contributed by atoms with Crippen molar-refractivity contribution in [2.45, 2.75) is 52.5 Å². The molecule has 0 amide bonds. The van der Waals surface area contributed by atoms with Crippen LogP contribution in [-0.4, -0.2) is 30.3 Å². The van der Waals surface area contributed by atoms with Crippen molar-refractivity contribution in [2.24, 2.45) is 20.0 Å². The fourth-order valence-electron chi connectivity index (χ4n) is 3.24. The number of hydrogen-bond acceptors (Lipinski definition) is 5. The van der Waals surface area contributed by atoms with Crippen molar-refractivity contribution in [3.63, 3.8) is 0 Å². The molecule has 0 aliphatic heterocycles. The largest absolute Gasteiger partial charge is 0.332 e. The van der Waals surface area contributed by atoms with Crippen molar-refractivity contribution in [1.82, 2.24) is 18.7 Å². The topological polar surface area (TPSA) is 96.0 Å². The number of unbranched alkanes of at least 4 members (excludes halogenated alkanes) is 3. The molecule has 0 spiro atoms. The molecule has 0 atom stereocenters. The first-order valence-corrected chi connectivity index (χ1v) is 8.87. The second-order valence-electron chi connectivity index (χ2n) is 6.79. The summed E-state index contributed by atoms with van der Waals surface area (Å²) in [7, 11) is 3.06. The molecule has 26 heavy (non-hydrogen) atoms. The van der Waals surface area contributed by atoms with Gasteiger partial charge in [0.1, 0.15) is 11.6 Å². The van der Waals surface area contributed by atoms with Gasteiger partial charge in [-0.25, -0.2) is 9.78 Å². The molecule has 0 radical (unpaired) electrons. The number of aryl methyl sites for hydroxylation is 2. The minimum Gasteiger partial charge on any atom is -0.325 e. The summed E-state index contributed by atoms with van der Waals surface area (Å²) >= 11 is 0. The molecular weight excluding hydrogens is 336 g/mol. The van der Waals surface area contributed by atoms with E-state index in [9.17, 15) is 19.2 Å². The van der Waals surface area contributed by atoms with Gasteiger partial charge in [-0.05, 0) is 26.7 Å². The van der Waals surface area contributed by atoms with Crippen LogP contribution in [0.2, 0.25) is 0 Å². The smallest absolute Gasteiger partial charge is 0.325 e. The Labute approximate surface area is 151 Å². The molecule has 0 fully saturated rings. The number of carbonyl (C=O) groups excluding carboxylic acids is 2. The van der Waals surface area contributed by atoms with Crippen molar-refractivity contribution < 1.29 is 9.59 Å². The highest BCUT2D eigenvalue weighted by molar-refractivity contribution is 6.00. The average molecular weight is 362 g/mol. The number of carbonyl (C=O) groups is 2. The van der Waals surface area contributed by atoms with Gasteiger partial charge in [0.2, 0.25) is 0 Å². The Bertz CT molecular complexity index is 921. The van der Waals surface area contributed by atoms with E-state index in [1.54, 1.807) is 17.9 Å². The number of ketones is 2. The number of fused-ring (bicyclic) bond motifs is 1. The summed E-state index contributed by atoms with van der Waals surface area (Å²) in [5.74, 6) is -0.607. The lowest BCUT2D eigenvalue weighted by molar-refractivity contribution is -0.130. The van der Waals surface area contributed by atoms with Crippen LogP contribution >= 0.6 is 0 Å². The molecule has 2 aromatic rings. The van der Waals surface area contributed by atoms with E-state index in [0.717, 1.165) is 30.3 Å². The summed E-state index contributed by atoms with van der Waals surface area (Å²) in [5.41, 5.74) is 0.0938. The summed E-state index contributed by atoms with van der Waals surface area (Å²) < 4.78 is 4.24. The highest BCUT2D eigenvalue weighted by Gasteiger charge is 2.18. The maximum atomic E-state index is 12.3. The zero-order valence-electron chi connectivity index (χ0n) is 15.8. The van der Waals surface area contributed by atoms with Crippen molar-refractivity contribution in [3.05, 3.63) is 27.2 Å². The van der Waals surface area contributed by atoms with Gasteiger partial charge >= 0.3 is 5.69 Å². The normalized spacial score (nSPS) is 11.4. The zero-order chi connectivity index (χ0) is 19.4. The van der Waals surface area contributed by atoms with E-state index in [0.29, 0.717) is 24.1 Å². The fourth-order valence-corrected chi connectivity index (χ4v) is 3.24. The maximum Gasteiger partial charge on any atom is 0.332 e. The predicted octanol–water partition coefficient (Wildman–Crippen LogP) is 1.18. The predicted molar refractivity (Wildman–Crippen MR) is 98.2 cm³/mol. The van der Waals surface area contributed by atoms with Crippen LogP contribution in [0.4, 0.5) is 0 Å². The molecule has 2 heterocycles. The van der Waals surface area contributed by atoms with Crippen molar-refractivity contribution in [2.75, 3.05) is 0 Å². The SMILES string of the molecule is CC(=O)C(CCCCCCn1cnc2c1c(=O)n(C)c(=O)n2C)C(C)=O. The van der Waals surface area contributed by atoms with Crippen LogP contribution < -0.4 is 11.2 Å². The molecule has 2 aromatic heterocycles. The minimum atomic E-state index is -0.475. The first-order valence-electron chi connectivity index (χ1n) is 8.87. The molecule has 0 saturated heterocycles. The second-order valence-corrected chi connectivity index (χ2v) is 6.79. The number of Topliss-reactive ketones (excluding diaryl/α,β-unsaturated/α-hetero) is 2. The Morgan fingerprint density at radius 1 is 1.00 bits per heavy atom. The van der Waals surface area contributed by atoms with E-state index < -0.39 is 11.6 Å². The molecule has 0 aromatic carbocycles. The molecular formula is C18H26N4O4. The highest BCUT2D eigenvalue weighted by atomic mass is 16.2. The summed E-state index contributed by atoms with van der Waals surface area (Å²) in [6, 6.07) is 0. The third-order valence-corrected chi connectivity index (χ3v) is 4.84. The first-order chi connectivity index (χ1) is 12.3. The van der Waals surface area contributed by atoms with Gasteiger partial charge in [0.05, 0.1) is 12.2 Å². The molecule has 8 nitrogen and oxygen atoms in total. The Morgan fingerprint density at radius 3 is 2.23 bits per heavy atom. The van der Waals surface area contributed by atoms with Crippen molar-refractivity contribution in [1.29, 1.82) is 0 Å². The standard InChI is InChI=1S/C18H26N4O4/c1-12(23)14(13(2)24)9-7-5-6-8-10-22-11-19-16-15(22)17(25)21(4)18(26)20(16)3/h11,14H,5-10H2,1-4H3. The third-order valence-electron chi connectivity index (χ3n) is 4.84. The maximum absolute atomic E-state index is 12.3. The van der Waals surface area contributed by atoms with Gasteiger partial charge in [-0.3, -0.25) is 23.5 Å². The lowest BCUT2D eigenvalue weighted by atomic mass is 9.94. The molecule has 0 aliphatic carbocycles. The summed E-state index contributed by atoms with van der Waals surface area (Å²) in [6.45, 7) is 3.56. The molecule has 8 heteroatoms.